The first-order chi connectivity index (χ1) is 13.0. The molecule has 2 rings (SSSR count). The third kappa shape index (κ3) is 7.61. The normalized spacial score (nSPS) is 10.5. The van der Waals surface area contributed by atoms with Gasteiger partial charge in [-0.3, -0.25) is 9.59 Å². The number of carbonyl (C=O) groups is 2. The Bertz CT molecular complexity index is 754. The van der Waals surface area contributed by atoms with Gasteiger partial charge in [-0.15, -0.1) is 11.8 Å². The summed E-state index contributed by atoms with van der Waals surface area (Å²) in [6.07, 6.45) is 0. The quantitative estimate of drug-likeness (QED) is 0.685. The summed E-state index contributed by atoms with van der Waals surface area (Å²) in [4.78, 5) is 25.9. The highest BCUT2D eigenvalue weighted by atomic mass is 35.5. The fourth-order valence-corrected chi connectivity index (χ4v) is 3.35. The van der Waals surface area contributed by atoms with Crippen molar-refractivity contribution in [2.75, 3.05) is 18.8 Å². The van der Waals surface area contributed by atoms with E-state index in [4.69, 9.17) is 11.6 Å². The molecule has 1 N–H and O–H groups in total. The van der Waals surface area contributed by atoms with Crippen molar-refractivity contribution in [3.05, 3.63) is 70.5 Å². The van der Waals surface area contributed by atoms with Crippen LogP contribution in [-0.2, 0) is 21.9 Å². The van der Waals surface area contributed by atoms with Crippen LogP contribution in [0.15, 0.2) is 48.5 Å². The zero-order valence-corrected chi connectivity index (χ0v) is 16.7. The highest BCUT2D eigenvalue weighted by Crippen LogP contribution is 2.16. The van der Waals surface area contributed by atoms with Crippen LogP contribution < -0.4 is 5.32 Å². The Balaban J connectivity index is 1.73. The molecule has 2 amide bonds. The summed E-state index contributed by atoms with van der Waals surface area (Å²) in [5, 5.41) is 3.43. The molecule has 0 bridgehead atoms. The molecular formula is C20H22ClFN2O2S. The predicted molar refractivity (Wildman–Crippen MR) is 108 cm³/mol. The molecule has 0 atom stereocenters. The first-order valence-electron chi connectivity index (χ1n) is 8.59. The molecule has 0 spiro atoms. The summed E-state index contributed by atoms with van der Waals surface area (Å²) >= 11 is 7.36. The van der Waals surface area contributed by atoms with E-state index in [-0.39, 0.29) is 24.2 Å². The number of benzene rings is 2. The van der Waals surface area contributed by atoms with Crippen LogP contribution in [0.1, 0.15) is 18.1 Å². The van der Waals surface area contributed by atoms with Crippen LogP contribution in [0.5, 0.6) is 0 Å². The minimum Gasteiger partial charge on any atom is -0.350 e. The van der Waals surface area contributed by atoms with Crippen LogP contribution in [0, 0.1) is 5.82 Å². The number of hydrogen-bond donors (Lipinski definition) is 1. The molecule has 0 fully saturated rings. The highest BCUT2D eigenvalue weighted by molar-refractivity contribution is 7.99. The first-order valence-corrected chi connectivity index (χ1v) is 10.1. The van der Waals surface area contributed by atoms with Crippen molar-refractivity contribution in [2.24, 2.45) is 0 Å². The van der Waals surface area contributed by atoms with Gasteiger partial charge in [-0.2, -0.15) is 0 Å². The van der Waals surface area contributed by atoms with Crippen LogP contribution in [0.3, 0.4) is 0 Å². The molecule has 2 aromatic rings. The summed E-state index contributed by atoms with van der Waals surface area (Å²) < 4.78 is 12.9. The number of thioether (sulfide) groups is 1. The van der Waals surface area contributed by atoms with E-state index in [1.165, 1.54) is 28.8 Å². The molecule has 0 saturated carbocycles. The van der Waals surface area contributed by atoms with Crippen molar-refractivity contribution in [1.29, 1.82) is 0 Å². The van der Waals surface area contributed by atoms with Crippen LogP contribution in [0.25, 0.3) is 0 Å². The van der Waals surface area contributed by atoms with Crippen LogP contribution >= 0.6 is 23.4 Å². The monoisotopic (exact) mass is 408 g/mol. The van der Waals surface area contributed by atoms with Crippen molar-refractivity contribution in [1.82, 2.24) is 10.2 Å². The molecule has 0 aliphatic carbocycles. The number of hydrogen-bond acceptors (Lipinski definition) is 3. The molecule has 0 aliphatic rings. The molecule has 0 saturated heterocycles. The molecular weight excluding hydrogens is 387 g/mol. The lowest BCUT2D eigenvalue weighted by Gasteiger charge is -2.20. The fourth-order valence-electron chi connectivity index (χ4n) is 2.34. The van der Waals surface area contributed by atoms with E-state index in [0.717, 1.165) is 11.1 Å². The van der Waals surface area contributed by atoms with Crippen LogP contribution in [0.2, 0.25) is 5.02 Å². The second-order valence-electron chi connectivity index (χ2n) is 5.93. The zero-order valence-electron chi connectivity index (χ0n) is 15.1. The SMILES string of the molecule is CCN(CC(=O)NCc1ccc(F)cc1)C(=O)CSCc1ccc(Cl)cc1. The van der Waals surface area contributed by atoms with Gasteiger partial charge in [0.25, 0.3) is 0 Å². The number of amides is 2. The largest absolute Gasteiger partial charge is 0.350 e. The van der Waals surface area contributed by atoms with Crippen molar-refractivity contribution >= 4 is 35.2 Å². The molecule has 7 heteroatoms. The molecule has 0 radical (unpaired) electrons. The summed E-state index contributed by atoms with van der Waals surface area (Å²) in [7, 11) is 0. The maximum atomic E-state index is 12.9. The van der Waals surface area contributed by atoms with Gasteiger partial charge in [0.05, 0.1) is 12.3 Å². The Labute approximate surface area is 168 Å². The Morgan fingerprint density at radius 1 is 1.07 bits per heavy atom. The Kier molecular flexibility index (Phi) is 8.61. The molecule has 0 heterocycles. The zero-order chi connectivity index (χ0) is 19.6. The average Bonchev–Trinajstić information content (AvgIpc) is 2.67. The van der Waals surface area contributed by atoms with Gasteiger partial charge in [0.1, 0.15) is 5.82 Å². The number of nitrogens with one attached hydrogen (secondary N) is 1. The molecule has 0 aliphatic heterocycles. The molecule has 4 nitrogen and oxygen atoms in total. The third-order valence-electron chi connectivity index (χ3n) is 3.88. The van der Waals surface area contributed by atoms with Gasteiger partial charge < -0.3 is 10.2 Å². The lowest BCUT2D eigenvalue weighted by Crippen LogP contribution is -2.41. The Morgan fingerprint density at radius 2 is 1.70 bits per heavy atom. The maximum absolute atomic E-state index is 12.9. The maximum Gasteiger partial charge on any atom is 0.239 e. The van der Waals surface area contributed by atoms with E-state index in [2.05, 4.69) is 5.32 Å². The number of halogens is 2. The van der Waals surface area contributed by atoms with E-state index in [9.17, 15) is 14.0 Å². The van der Waals surface area contributed by atoms with Crippen molar-refractivity contribution in [2.45, 2.75) is 19.2 Å². The van der Waals surface area contributed by atoms with Crippen molar-refractivity contribution in [3.63, 3.8) is 0 Å². The van der Waals surface area contributed by atoms with Gasteiger partial charge in [-0.1, -0.05) is 35.9 Å². The molecule has 0 aromatic heterocycles. The van der Waals surface area contributed by atoms with Gasteiger partial charge in [0.15, 0.2) is 0 Å². The van der Waals surface area contributed by atoms with Crippen LogP contribution in [-0.4, -0.2) is 35.6 Å². The average molecular weight is 409 g/mol. The number of likely N-dealkylation sites (N-methyl/N-ethyl adjacent to an activating group) is 1. The molecule has 144 valence electrons. The lowest BCUT2D eigenvalue weighted by molar-refractivity contribution is -0.133. The van der Waals surface area contributed by atoms with E-state index in [0.29, 0.717) is 29.6 Å². The van der Waals surface area contributed by atoms with E-state index >= 15 is 0 Å². The second kappa shape index (κ2) is 10.9. The first kappa shape index (κ1) is 21.3. The smallest absolute Gasteiger partial charge is 0.239 e. The van der Waals surface area contributed by atoms with Gasteiger partial charge in [-0.25, -0.2) is 4.39 Å². The van der Waals surface area contributed by atoms with Crippen LogP contribution in [0.4, 0.5) is 4.39 Å². The van der Waals surface area contributed by atoms with Gasteiger partial charge in [-0.05, 0) is 42.3 Å². The topological polar surface area (TPSA) is 49.4 Å². The van der Waals surface area contributed by atoms with Gasteiger partial charge >= 0.3 is 0 Å². The summed E-state index contributed by atoms with van der Waals surface area (Å²) in [5.41, 5.74) is 1.90. The molecule has 2 aromatic carbocycles. The number of carbonyl (C=O) groups excluding carboxylic acids is 2. The predicted octanol–water partition coefficient (Wildman–Crippen LogP) is 3.88. The summed E-state index contributed by atoms with van der Waals surface area (Å²) in [5.74, 6) is 0.383. The lowest BCUT2D eigenvalue weighted by atomic mass is 10.2. The Morgan fingerprint density at radius 3 is 2.33 bits per heavy atom. The van der Waals surface area contributed by atoms with Gasteiger partial charge in [0.2, 0.25) is 11.8 Å². The molecule has 27 heavy (non-hydrogen) atoms. The van der Waals surface area contributed by atoms with E-state index in [1.54, 1.807) is 12.1 Å². The minimum absolute atomic E-state index is 0.0119. The standard InChI is InChI=1S/C20H22ClFN2O2S/c1-2-24(12-19(25)23-11-15-5-9-18(22)10-6-15)20(26)14-27-13-16-3-7-17(21)8-4-16/h3-10H,2,11-14H2,1H3,(H,23,25). The van der Waals surface area contributed by atoms with E-state index in [1.807, 2.05) is 31.2 Å². The second-order valence-corrected chi connectivity index (χ2v) is 7.35. The summed E-state index contributed by atoms with van der Waals surface area (Å²) in [6.45, 7) is 2.62. The number of nitrogens with zero attached hydrogens (tertiary/aromatic N) is 1. The van der Waals surface area contributed by atoms with Gasteiger partial charge in [0, 0.05) is 23.9 Å². The van der Waals surface area contributed by atoms with Crippen molar-refractivity contribution in [3.8, 4) is 0 Å². The minimum atomic E-state index is -0.316. The molecule has 0 unspecified atom stereocenters. The van der Waals surface area contributed by atoms with E-state index < -0.39 is 0 Å². The Hall–Kier alpha value is -2.05. The highest BCUT2D eigenvalue weighted by Gasteiger charge is 2.15. The fraction of sp³-hybridized carbons (Fsp3) is 0.300. The summed E-state index contributed by atoms with van der Waals surface area (Å²) in [6, 6.07) is 13.4. The van der Waals surface area contributed by atoms with Crippen molar-refractivity contribution < 1.29 is 14.0 Å². The number of rotatable bonds is 9. The third-order valence-corrected chi connectivity index (χ3v) is 5.12.